The molecule has 0 spiro atoms. The number of carboxylic acids is 2. The molecule has 12 heteroatoms. The molecule has 0 aliphatic carbocycles. The molecule has 1 heterocycles. The SMILES string of the molecule is O=C(O)CN(CC(=O)O)c1ccc([N+](=O)[O-])cc1OCC(=O)N1CCOCC1. The van der Waals surface area contributed by atoms with E-state index in [1.54, 1.807) is 0 Å². The first-order valence-electron chi connectivity index (χ1n) is 8.23. The molecular weight excluding hydrogens is 378 g/mol. The van der Waals surface area contributed by atoms with Crippen LogP contribution in [0.4, 0.5) is 11.4 Å². The Hall–Kier alpha value is -3.41. The van der Waals surface area contributed by atoms with Crippen molar-refractivity contribution in [3.8, 4) is 5.75 Å². The maximum atomic E-state index is 12.2. The van der Waals surface area contributed by atoms with Gasteiger partial charge < -0.3 is 29.5 Å². The van der Waals surface area contributed by atoms with E-state index in [2.05, 4.69) is 0 Å². The molecule has 0 aromatic heterocycles. The van der Waals surface area contributed by atoms with Crippen LogP contribution in [0.2, 0.25) is 0 Å². The number of carbonyl (C=O) groups excluding carboxylic acids is 1. The molecule has 1 aromatic rings. The summed E-state index contributed by atoms with van der Waals surface area (Å²) in [6.45, 7) is -0.238. The fourth-order valence-corrected chi connectivity index (χ4v) is 2.59. The first kappa shape index (κ1) is 20.9. The molecule has 0 atom stereocenters. The lowest BCUT2D eigenvalue weighted by atomic mass is 10.2. The maximum absolute atomic E-state index is 12.2. The van der Waals surface area contributed by atoms with Gasteiger partial charge in [-0.1, -0.05) is 0 Å². The molecule has 0 saturated carbocycles. The normalized spacial score (nSPS) is 13.6. The van der Waals surface area contributed by atoms with Gasteiger partial charge in [0.1, 0.15) is 18.8 Å². The molecule has 1 aliphatic heterocycles. The number of anilines is 1. The number of nitro groups is 1. The number of amides is 1. The first-order valence-corrected chi connectivity index (χ1v) is 8.23. The topological polar surface area (TPSA) is 160 Å². The largest absolute Gasteiger partial charge is 0.481 e. The van der Waals surface area contributed by atoms with Crippen molar-refractivity contribution in [2.24, 2.45) is 0 Å². The minimum absolute atomic E-state index is 0.0187. The quantitative estimate of drug-likeness (QED) is 0.422. The van der Waals surface area contributed by atoms with Crippen LogP contribution in [0.1, 0.15) is 0 Å². The zero-order valence-corrected chi connectivity index (χ0v) is 14.8. The van der Waals surface area contributed by atoms with Gasteiger partial charge in [0.25, 0.3) is 11.6 Å². The Morgan fingerprint density at radius 2 is 1.79 bits per heavy atom. The van der Waals surface area contributed by atoms with Gasteiger partial charge >= 0.3 is 11.9 Å². The lowest BCUT2D eigenvalue weighted by molar-refractivity contribution is -0.384. The summed E-state index contributed by atoms with van der Waals surface area (Å²) in [6.07, 6.45) is 0. The summed E-state index contributed by atoms with van der Waals surface area (Å²) in [5.41, 5.74) is -0.326. The Kier molecular flexibility index (Phi) is 7.09. The van der Waals surface area contributed by atoms with Gasteiger partial charge in [-0.25, -0.2) is 0 Å². The third kappa shape index (κ3) is 5.81. The van der Waals surface area contributed by atoms with E-state index < -0.39 is 36.6 Å². The molecule has 1 aromatic carbocycles. The van der Waals surface area contributed by atoms with Gasteiger partial charge in [0.15, 0.2) is 6.61 Å². The average Bonchev–Trinajstić information content (AvgIpc) is 2.65. The van der Waals surface area contributed by atoms with E-state index in [0.29, 0.717) is 26.3 Å². The summed E-state index contributed by atoms with van der Waals surface area (Å²) < 4.78 is 10.6. The van der Waals surface area contributed by atoms with E-state index in [1.807, 2.05) is 0 Å². The van der Waals surface area contributed by atoms with E-state index in [9.17, 15) is 24.5 Å². The summed E-state index contributed by atoms with van der Waals surface area (Å²) in [5, 5.41) is 29.1. The van der Waals surface area contributed by atoms with E-state index in [1.165, 1.54) is 11.0 Å². The van der Waals surface area contributed by atoms with E-state index in [4.69, 9.17) is 19.7 Å². The number of rotatable bonds is 9. The third-order valence-corrected chi connectivity index (χ3v) is 3.86. The lowest BCUT2D eigenvalue weighted by Crippen LogP contribution is -2.43. The van der Waals surface area contributed by atoms with E-state index in [-0.39, 0.29) is 23.0 Å². The zero-order chi connectivity index (χ0) is 20.7. The van der Waals surface area contributed by atoms with Crippen LogP contribution in [-0.4, -0.2) is 83.9 Å². The number of aliphatic carboxylic acids is 2. The second-order valence-corrected chi connectivity index (χ2v) is 5.83. The van der Waals surface area contributed by atoms with Crippen molar-refractivity contribution in [1.29, 1.82) is 0 Å². The molecule has 2 rings (SSSR count). The number of nitro benzene ring substituents is 1. The second kappa shape index (κ2) is 9.50. The Morgan fingerprint density at radius 1 is 1.18 bits per heavy atom. The van der Waals surface area contributed by atoms with Crippen molar-refractivity contribution in [2.45, 2.75) is 0 Å². The minimum atomic E-state index is -1.30. The van der Waals surface area contributed by atoms with Crippen LogP contribution in [0, 0.1) is 10.1 Å². The molecule has 2 N–H and O–H groups in total. The van der Waals surface area contributed by atoms with Crippen LogP contribution in [-0.2, 0) is 19.1 Å². The molecule has 1 amide bonds. The predicted molar refractivity (Wildman–Crippen MR) is 93.5 cm³/mol. The fourth-order valence-electron chi connectivity index (χ4n) is 2.59. The Morgan fingerprint density at radius 3 is 2.32 bits per heavy atom. The molecule has 28 heavy (non-hydrogen) atoms. The first-order chi connectivity index (χ1) is 13.3. The maximum Gasteiger partial charge on any atom is 0.323 e. The van der Waals surface area contributed by atoms with Crippen molar-refractivity contribution in [3.63, 3.8) is 0 Å². The van der Waals surface area contributed by atoms with Crippen LogP contribution in [0.5, 0.6) is 5.75 Å². The van der Waals surface area contributed by atoms with Crippen LogP contribution < -0.4 is 9.64 Å². The molecular formula is C16H19N3O9. The molecule has 1 aliphatic rings. The van der Waals surface area contributed by atoms with Gasteiger partial charge in [-0.15, -0.1) is 0 Å². The van der Waals surface area contributed by atoms with Gasteiger partial charge in [0.2, 0.25) is 0 Å². The Balaban J connectivity index is 2.26. The van der Waals surface area contributed by atoms with Gasteiger partial charge in [0, 0.05) is 19.2 Å². The van der Waals surface area contributed by atoms with Crippen LogP contribution in [0.3, 0.4) is 0 Å². The number of carbonyl (C=O) groups is 3. The van der Waals surface area contributed by atoms with Gasteiger partial charge in [-0.2, -0.15) is 0 Å². The molecule has 0 unspecified atom stereocenters. The van der Waals surface area contributed by atoms with Crippen molar-refractivity contribution < 1.29 is 39.0 Å². The summed E-state index contributed by atoms with van der Waals surface area (Å²) in [5.74, 6) is -3.12. The highest BCUT2D eigenvalue weighted by Gasteiger charge is 2.23. The summed E-state index contributed by atoms with van der Waals surface area (Å²) in [4.78, 5) is 47.2. The number of nitrogens with zero attached hydrogens (tertiary/aromatic N) is 3. The highest BCUT2D eigenvalue weighted by atomic mass is 16.6. The molecule has 152 valence electrons. The minimum Gasteiger partial charge on any atom is -0.481 e. The van der Waals surface area contributed by atoms with Crippen LogP contribution in [0.15, 0.2) is 18.2 Å². The van der Waals surface area contributed by atoms with Crippen LogP contribution in [0.25, 0.3) is 0 Å². The van der Waals surface area contributed by atoms with Gasteiger partial charge in [-0.3, -0.25) is 24.5 Å². The number of benzene rings is 1. The Labute approximate surface area is 159 Å². The van der Waals surface area contributed by atoms with Crippen molar-refractivity contribution in [3.05, 3.63) is 28.3 Å². The van der Waals surface area contributed by atoms with Crippen LogP contribution >= 0.6 is 0 Å². The lowest BCUT2D eigenvalue weighted by Gasteiger charge is -2.27. The van der Waals surface area contributed by atoms with E-state index in [0.717, 1.165) is 17.0 Å². The van der Waals surface area contributed by atoms with Gasteiger partial charge in [-0.05, 0) is 6.07 Å². The molecule has 1 fully saturated rings. The number of ether oxygens (including phenoxy) is 2. The third-order valence-electron chi connectivity index (χ3n) is 3.86. The zero-order valence-electron chi connectivity index (χ0n) is 14.8. The predicted octanol–water partition coefficient (Wildman–Crippen LogP) is -0.192. The van der Waals surface area contributed by atoms with Crippen molar-refractivity contribution in [1.82, 2.24) is 4.90 Å². The summed E-state index contributed by atoms with van der Waals surface area (Å²) >= 11 is 0. The number of morpholine rings is 1. The number of non-ortho nitro benzene ring substituents is 1. The summed E-state index contributed by atoms with van der Waals surface area (Å²) in [6, 6.07) is 3.32. The highest BCUT2D eigenvalue weighted by molar-refractivity contribution is 5.82. The smallest absolute Gasteiger partial charge is 0.323 e. The van der Waals surface area contributed by atoms with Crippen molar-refractivity contribution >= 4 is 29.2 Å². The number of hydrogen-bond donors (Lipinski definition) is 2. The molecule has 12 nitrogen and oxygen atoms in total. The second-order valence-electron chi connectivity index (χ2n) is 5.83. The van der Waals surface area contributed by atoms with Crippen molar-refractivity contribution in [2.75, 3.05) is 50.9 Å². The van der Waals surface area contributed by atoms with Gasteiger partial charge in [0.05, 0.1) is 29.9 Å². The molecule has 0 radical (unpaired) electrons. The standard InChI is InChI=1S/C16H19N3O9/c20-14(17-3-5-27-6-4-17)10-28-13-7-11(19(25)26)1-2-12(13)18(8-15(21)22)9-16(23)24/h1-2,7H,3-6,8-10H2,(H,21,22)(H,23,24). The monoisotopic (exact) mass is 397 g/mol. The molecule has 0 bridgehead atoms. The number of carboxylic acid groups (broad SMARTS) is 2. The average molecular weight is 397 g/mol. The fraction of sp³-hybridized carbons (Fsp3) is 0.438. The Bertz CT molecular complexity index is 746. The summed E-state index contributed by atoms with van der Waals surface area (Å²) in [7, 11) is 0. The van der Waals surface area contributed by atoms with E-state index >= 15 is 0 Å². The number of hydrogen-bond acceptors (Lipinski definition) is 8. The highest BCUT2D eigenvalue weighted by Crippen LogP contribution is 2.32. The molecule has 1 saturated heterocycles.